The Morgan fingerprint density at radius 3 is 2.42 bits per heavy atom. The molecule has 0 aliphatic heterocycles. The molecule has 4 aromatic rings. The highest BCUT2D eigenvalue weighted by atomic mass is 32.2. The molecule has 33 heavy (non-hydrogen) atoms. The summed E-state index contributed by atoms with van der Waals surface area (Å²) in [6.45, 7) is 9.16. The second-order valence-electron chi connectivity index (χ2n) is 7.88. The largest absolute Gasteiger partial charge is 0.325 e. The molecule has 170 valence electrons. The zero-order valence-electron chi connectivity index (χ0n) is 19.4. The van der Waals surface area contributed by atoms with Crippen LogP contribution < -0.4 is 5.32 Å². The van der Waals surface area contributed by atoms with Crippen LogP contribution in [0, 0.1) is 13.8 Å². The third kappa shape index (κ3) is 5.20. The first-order valence-corrected chi connectivity index (χ1v) is 13.0. The van der Waals surface area contributed by atoms with Gasteiger partial charge >= 0.3 is 0 Å². The topological polar surface area (TPSA) is 59.8 Å². The van der Waals surface area contributed by atoms with Gasteiger partial charge in [0.1, 0.15) is 0 Å². The SMILES string of the molecule is CCc1ccc(NC(=O)CSc2nnc(-c3csc(C)c3-c3ccc(C)cc3)n2CC)cc1. The molecule has 2 aromatic carbocycles. The molecule has 0 unspecified atom stereocenters. The Kier molecular flexibility index (Phi) is 7.30. The number of carbonyl (C=O) groups excluding carboxylic acids is 1. The van der Waals surface area contributed by atoms with Crippen LogP contribution in [0.15, 0.2) is 59.1 Å². The highest BCUT2D eigenvalue weighted by molar-refractivity contribution is 7.99. The van der Waals surface area contributed by atoms with Crippen LogP contribution >= 0.6 is 23.1 Å². The predicted molar refractivity (Wildman–Crippen MR) is 139 cm³/mol. The first-order chi connectivity index (χ1) is 16.0. The highest BCUT2D eigenvalue weighted by Gasteiger charge is 2.20. The fraction of sp³-hybridized carbons (Fsp3) is 0.269. The van der Waals surface area contributed by atoms with E-state index in [-0.39, 0.29) is 11.7 Å². The molecule has 2 heterocycles. The van der Waals surface area contributed by atoms with Crippen LogP contribution in [0.2, 0.25) is 0 Å². The van der Waals surface area contributed by atoms with Crippen LogP contribution in [0.25, 0.3) is 22.5 Å². The Bertz CT molecular complexity index is 1240. The lowest BCUT2D eigenvalue weighted by Gasteiger charge is -2.10. The quantitative estimate of drug-likeness (QED) is 0.291. The number of thioether (sulfide) groups is 1. The van der Waals surface area contributed by atoms with Crippen molar-refractivity contribution in [3.63, 3.8) is 0 Å². The van der Waals surface area contributed by atoms with E-state index in [4.69, 9.17) is 0 Å². The molecule has 4 rings (SSSR count). The summed E-state index contributed by atoms with van der Waals surface area (Å²) in [5, 5.41) is 14.8. The van der Waals surface area contributed by atoms with Crippen molar-refractivity contribution in [2.45, 2.75) is 45.8 Å². The standard InChI is InChI=1S/C26H28N4OS2/c1-5-19-9-13-21(14-10-19)27-23(31)16-33-26-29-28-25(30(26)6-2)22-15-32-18(4)24(22)20-11-7-17(3)8-12-20/h7-15H,5-6,16H2,1-4H3,(H,27,31). The average molecular weight is 477 g/mol. The van der Waals surface area contributed by atoms with Gasteiger partial charge in [0, 0.05) is 33.6 Å². The van der Waals surface area contributed by atoms with E-state index >= 15 is 0 Å². The summed E-state index contributed by atoms with van der Waals surface area (Å²) >= 11 is 3.14. The lowest BCUT2D eigenvalue weighted by Crippen LogP contribution is -2.14. The second-order valence-corrected chi connectivity index (χ2v) is 9.91. The molecular formula is C26H28N4OS2. The number of anilines is 1. The molecule has 2 aromatic heterocycles. The summed E-state index contributed by atoms with van der Waals surface area (Å²) in [5.74, 6) is 1.07. The van der Waals surface area contributed by atoms with Gasteiger partial charge in [-0.25, -0.2) is 0 Å². The third-order valence-corrected chi connectivity index (χ3v) is 7.45. The number of rotatable bonds is 8. The van der Waals surface area contributed by atoms with Gasteiger partial charge in [0.25, 0.3) is 0 Å². The number of hydrogen-bond donors (Lipinski definition) is 1. The van der Waals surface area contributed by atoms with Crippen molar-refractivity contribution in [1.82, 2.24) is 14.8 Å². The minimum atomic E-state index is -0.0526. The van der Waals surface area contributed by atoms with E-state index in [0.717, 1.165) is 35.2 Å². The molecule has 0 fully saturated rings. The van der Waals surface area contributed by atoms with Crippen LogP contribution in [0.3, 0.4) is 0 Å². The number of hydrogen-bond acceptors (Lipinski definition) is 5. The average Bonchev–Trinajstić information content (AvgIpc) is 3.41. The van der Waals surface area contributed by atoms with E-state index in [1.807, 2.05) is 24.3 Å². The minimum absolute atomic E-state index is 0.0526. The van der Waals surface area contributed by atoms with Crippen LogP contribution in [0.1, 0.15) is 29.9 Å². The highest BCUT2D eigenvalue weighted by Crippen LogP contribution is 2.39. The Morgan fingerprint density at radius 1 is 1.03 bits per heavy atom. The van der Waals surface area contributed by atoms with E-state index in [1.165, 1.54) is 38.9 Å². The van der Waals surface area contributed by atoms with E-state index in [9.17, 15) is 4.79 Å². The third-order valence-electron chi connectivity index (χ3n) is 5.57. The molecule has 0 saturated heterocycles. The lowest BCUT2D eigenvalue weighted by atomic mass is 10.0. The van der Waals surface area contributed by atoms with Gasteiger partial charge in [0.2, 0.25) is 5.91 Å². The smallest absolute Gasteiger partial charge is 0.234 e. The van der Waals surface area contributed by atoms with Gasteiger partial charge in [-0.1, -0.05) is 60.6 Å². The summed E-state index contributed by atoms with van der Waals surface area (Å²) in [7, 11) is 0. The monoisotopic (exact) mass is 476 g/mol. The van der Waals surface area contributed by atoms with Gasteiger partial charge in [-0.2, -0.15) is 0 Å². The summed E-state index contributed by atoms with van der Waals surface area (Å²) in [5.41, 5.74) is 6.77. The number of carbonyl (C=O) groups is 1. The number of benzene rings is 2. The van der Waals surface area contributed by atoms with Crippen LogP contribution in [0.4, 0.5) is 5.69 Å². The Balaban J connectivity index is 1.52. The van der Waals surface area contributed by atoms with Crippen molar-refractivity contribution in [1.29, 1.82) is 0 Å². The van der Waals surface area contributed by atoms with Crippen molar-refractivity contribution < 1.29 is 4.79 Å². The number of nitrogens with zero attached hydrogens (tertiary/aromatic N) is 3. The zero-order valence-corrected chi connectivity index (χ0v) is 21.0. The number of aryl methyl sites for hydroxylation is 3. The maximum Gasteiger partial charge on any atom is 0.234 e. The number of amides is 1. The molecular weight excluding hydrogens is 448 g/mol. The Morgan fingerprint density at radius 2 is 1.76 bits per heavy atom. The van der Waals surface area contributed by atoms with Gasteiger partial charge < -0.3 is 9.88 Å². The van der Waals surface area contributed by atoms with Gasteiger partial charge in [-0.05, 0) is 50.5 Å². The van der Waals surface area contributed by atoms with Crippen molar-refractivity contribution >= 4 is 34.7 Å². The molecule has 0 aliphatic carbocycles. The molecule has 1 amide bonds. The number of aromatic nitrogens is 3. The first-order valence-electron chi connectivity index (χ1n) is 11.1. The fourth-order valence-corrected chi connectivity index (χ4v) is 5.39. The molecule has 7 heteroatoms. The van der Waals surface area contributed by atoms with Crippen LogP contribution in [-0.2, 0) is 17.8 Å². The molecule has 0 atom stereocenters. The van der Waals surface area contributed by atoms with E-state index in [2.05, 4.69) is 77.4 Å². The van der Waals surface area contributed by atoms with Crippen molar-refractivity contribution in [2.24, 2.45) is 0 Å². The van der Waals surface area contributed by atoms with Gasteiger partial charge in [-0.3, -0.25) is 4.79 Å². The second kappa shape index (κ2) is 10.4. The van der Waals surface area contributed by atoms with Gasteiger partial charge in [0.05, 0.1) is 5.75 Å². The van der Waals surface area contributed by atoms with E-state index in [1.54, 1.807) is 11.3 Å². The Labute approximate surface area is 203 Å². The minimum Gasteiger partial charge on any atom is -0.325 e. The molecule has 0 bridgehead atoms. The fourth-order valence-electron chi connectivity index (χ4n) is 3.73. The van der Waals surface area contributed by atoms with Gasteiger partial charge in [0.15, 0.2) is 11.0 Å². The van der Waals surface area contributed by atoms with Crippen molar-refractivity contribution in [2.75, 3.05) is 11.1 Å². The molecule has 0 radical (unpaired) electrons. The summed E-state index contributed by atoms with van der Waals surface area (Å²) in [6, 6.07) is 16.6. The normalized spacial score (nSPS) is 11.0. The predicted octanol–water partition coefficient (Wildman–Crippen LogP) is 6.60. The molecule has 5 nitrogen and oxygen atoms in total. The van der Waals surface area contributed by atoms with Crippen molar-refractivity contribution in [3.8, 4) is 22.5 Å². The maximum atomic E-state index is 12.5. The van der Waals surface area contributed by atoms with Crippen LogP contribution in [-0.4, -0.2) is 26.4 Å². The zero-order chi connectivity index (χ0) is 23.4. The van der Waals surface area contributed by atoms with Crippen LogP contribution in [0.5, 0.6) is 0 Å². The van der Waals surface area contributed by atoms with Crippen molar-refractivity contribution in [3.05, 3.63) is 69.9 Å². The Hall–Kier alpha value is -2.90. The summed E-state index contributed by atoms with van der Waals surface area (Å²) in [6.07, 6.45) is 0.981. The summed E-state index contributed by atoms with van der Waals surface area (Å²) < 4.78 is 2.09. The number of nitrogens with one attached hydrogen (secondary N) is 1. The maximum absolute atomic E-state index is 12.5. The molecule has 1 N–H and O–H groups in total. The molecule has 0 saturated carbocycles. The number of thiophene rings is 1. The molecule has 0 aliphatic rings. The van der Waals surface area contributed by atoms with E-state index < -0.39 is 0 Å². The van der Waals surface area contributed by atoms with Gasteiger partial charge in [-0.15, -0.1) is 21.5 Å². The molecule has 0 spiro atoms. The first kappa shape index (κ1) is 23.3. The van der Waals surface area contributed by atoms with E-state index in [0.29, 0.717) is 0 Å². The summed E-state index contributed by atoms with van der Waals surface area (Å²) in [4.78, 5) is 13.8. The lowest BCUT2D eigenvalue weighted by molar-refractivity contribution is -0.113.